The molecule has 0 aromatic heterocycles. The number of ether oxygens (including phenoxy) is 3. The maximum atomic E-state index is 12.5. The van der Waals surface area contributed by atoms with Crippen LogP contribution >= 0.6 is 0 Å². The molecule has 3 rings (SSSR count). The molecule has 3 saturated carbocycles. The summed E-state index contributed by atoms with van der Waals surface area (Å²) in [5.74, 6) is 0.912. The summed E-state index contributed by atoms with van der Waals surface area (Å²) >= 11 is 0. The normalized spacial score (nSPS) is 36.0. The Hall–Kier alpha value is -1.10. The van der Waals surface area contributed by atoms with Crippen LogP contribution in [-0.2, 0) is 23.8 Å². The van der Waals surface area contributed by atoms with Crippen LogP contribution in [0.25, 0.3) is 0 Å². The van der Waals surface area contributed by atoms with Gasteiger partial charge >= 0.3 is 11.9 Å². The molecule has 0 saturated heterocycles. The molecule has 0 heterocycles. The van der Waals surface area contributed by atoms with Crippen LogP contribution in [0.15, 0.2) is 0 Å². The van der Waals surface area contributed by atoms with Crippen LogP contribution < -0.4 is 0 Å². The summed E-state index contributed by atoms with van der Waals surface area (Å²) in [6.45, 7) is 0.485. The van der Waals surface area contributed by atoms with E-state index >= 15 is 0 Å². The van der Waals surface area contributed by atoms with Crippen molar-refractivity contribution in [2.75, 3.05) is 20.5 Å². The fraction of sp³-hybridized carbons (Fsp3) is 0.889. The van der Waals surface area contributed by atoms with Crippen molar-refractivity contribution in [1.29, 1.82) is 0 Å². The first-order chi connectivity index (χ1) is 11.2. The Morgan fingerprint density at radius 2 is 1.61 bits per heavy atom. The average Bonchev–Trinajstić information content (AvgIpc) is 3.20. The smallest absolute Gasteiger partial charge is 0.311 e. The van der Waals surface area contributed by atoms with E-state index in [0.29, 0.717) is 18.9 Å². The second-order valence-electron chi connectivity index (χ2n) is 7.43. The van der Waals surface area contributed by atoms with Gasteiger partial charge in [-0.2, -0.15) is 0 Å². The maximum Gasteiger partial charge on any atom is 0.311 e. The molecule has 23 heavy (non-hydrogen) atoms. The van der Waals surface area contributed by atoms with Crippen LogP contribution in [0.2, 0.25) is 0 Å². The van der Waals surface area contributed by atoms with Crippen LogP contribution in [0, 0.1) is 29.6 Å². The lowest BCUT2D eigenvalue weighted by Gasteiger charge is -2.29. The molecule has 5 heteroatoms. The summed E-state index contributed by atoms with van der Waals surface area (Å²) in [5, 5.41) is 0. The van der Waals surface area contributed by atoms with Crippen molar-refractivity contribution in [3.63, 3.8) is 0 Å². The molecule has 0 N–H and O–H groups in total. The third-order valence-corrected chi connectivity index (χ3v) is 6.01. The standard InChI is InChI=1S/C18H28O5/c1-21-11-23-18(20)16-5-3-2-4-15(16)17(19)22-10-14-9-12-6-7-13(14)8-12/h12-16H,2-11H2,1H3. The van der Waals surface area contributed by atoms with Gasteiger partial charge in [-0.05, 0) is 49.9 Å². The van der Waals surface area contributed by atoms with Gasteiger partial charge in [0.2, 0.25) is 0 Å². The van der Waals surface area contributed by atoms with E-state index in [1.165, 1.54) is 32.8 Å². The zero-order valence-electron chi connectivity index (χ0n) is 14.0. The zero-order chi connectivity index (χ0) is 16.2. The number of hydrogen-bond donors (Lipinski definition) is 0. The SMILES string of the molecule is COCOC(=O)C1CCCCC1C(=O)OCC1CC2CCC1C2. The third kappa shape index (κ3) is 3.87. The maximum absolute atomic E-state index is 12.5. The molecule has 0 radical (unpaired) electrons. The number of hydrogen-bond acceptors (Lipinski definition) is 5. The van der Waals surface area contributed by atoms with Gasteiger partial charge in [0.05, 0.1) is 18.4 Å². The molecule has 0 aromatic carbocycles. The van der Waals surface area contributed by atoms with Gasteiger partial charge in [0.15, 0.2) is 6.79 Å². The third-order valence-electron chi connectivity index (χ3n) is 6.01. The van der Waals surface area contributed by atoms with Crippen LogP contribution in [0.5, 0.6) is 0 Å². The fourth-order valence-corrected chi connectivity index (χ4v) is 4.80. The first kappa shape index (κ1) is 16.7. The van der Waals surface area contributed by atoms with Crippen LogP contribution in [0.1, 0.15) is 51.4 Å². The minimum atomic E-state index is -0.369. The van der Waals surface area contributed by atoms with Gasteiger partial charge in [-0.1, -0.05) is 19.3 Å². The van der Waals surface area contributed by atoms with Crippen molar-refractivity contribution in [1.82, 2.24) is 0 Å². The molecular formula is C18H28O5. The molecule has 5 nitrogen and oxygen atoms in total. The highest BCUT2D eigenvalue weighted by Gasteiger charge is 2.41. The van der Waals surface area contributed by atoms with E-state index in [4.69, 9.17) is 14.2 Å². The van der Waals surface area contributed by atoms with E-state index in [1.54, 1.807) is 0 Å². The molecule has 3 fully saturated rings. The van der Waals surface area contributed by atoms with Crippen molar-refractivity contribution in [2.45, 2.75) is 51.4 Å². The second kappa shape index (κ2) is 7.65. The number of fused-ring (bicyclic) bond motifs is 2. The quantitative estimate of drug-likeness (QED) is 0.555. The molecule has 5 atom stereocenters. The zero-order valence-corrected chi connectivity index (χ0v) is 14.0. The highest BCUT2D eigenvalue weighted by molar-refractivity contribution is 5.82. The molecule has 130 valence electrons. The number of rotatable bonds is 6. The first-order valence-corrected chi connectivity index (χ1v) is 9.01. The predicted molar refractivity (Wildman–Crippen MR) is 83.3 cm³/mol. The van der Waals surface area contributed by atoms with Gasteiger partial charge in [0.1, 0.15) is 0 Å². The molecule has 5 unspecified atom stereocenters. The number of esters is 2. The molecular weight excluding hydrogens is 296 g/mol. The van der Waals surface area contributed by atoms with Crippen molar-refractivity contribution in [3.8, 4) is 0 Å². The molecule has 0 aliphatic heterocycles. The molecule has 3 aliphatic rings. The monoisotopic (exact) mass is 324 g/mol. The Morgan fingerprint density at radius 1 is 0.913 bits per heavy atom. The van der Waals surface area contributed by atoms with Gasteiger partial charge < -0.3 is 14.2 Å². The van der Waals surface area contributed by atoms with Crippen molar-refractivity contribution >= 4 is 11.9 Å². The van der Waals surface area contributed by atoms with Gasteiger partial charge in [0.25, 0.3) is 0 Å². The summed E-state index contributed by atoms with van der Waals surface area (Å²) in [6, 6.07) is 0. The minimum absolute atomic E-state index is 0.0533. The molecule has 0 spiro atoms. The van der Waals surface area contributed by atoms with E-state index in [9.17, 15) is 9.59 Å². The number of carbonyl (C=O) groups is 2. The fourth-order valence-electron chi connectivity index (χ4n) is 4.80. The Balaban J connectivity index is 1.50. The molecule has 0 amide bonds. The topological polar surface area (TPSA) is 61.8 Å². The molecule has 0 aromatic rings. The summed E-state index contributed by atoms with van der Waals surface area (Å²) in [6.07, 6.45) is 8.54. The van der Waals surface area contributed by atoms with E-state index in [-0.39, 0.29) is 30.6 Å². The lowest BCUT2D eigenvalue weighted by atomic mass is 9.79. The molecule has 2 bridgehead atoms. The molecule has 3 aliphatic carbocycles. The average molecular weight is 324 g/mol. The first-order valence-electron chi connectivity index (χ1n) is 9.01. The van der Waals surface area contributed by atoms with E-state index in [1.807, 2.05) is 0 Å². The second-order valence-corrected chi connectivity index (χ2v) is 7.43. The van der Waals surface area contributed by atoms with Gasteiger partial charge in [0, 0.05) is 7.11 Å². The predicted octanol–water partition coefficient (Wildman–Crippen LogP) is 2.92. The lowest BCUT2D eigenvalue weighted by Crippen LogP contribution is -2.36. The van der Waals surface area contributed by atoms with Crippen LogP contribution in [0.3, 0.4) is 0 Å². The Labute approximate surface area is 138 Å². The van der Waals surface area contributed by atoms with E-state index < -0.39 is 0 Å². The van der Waals surface area contributed by atoms with Crippen molar-refractivity contribution in [2.24, 2.45) is 29.6 Å². The highest BCUT2D eigenvalue weighted by Crippen LogP contribution is 2.48. The number of carbonyl (C=O) groups excluding carboxylic acids is 2. The Bertz CT molecular complexity index is 435. The summed E-state index contributed by atoms with van der Waals surface area (Å²) < 4.78 is 15.5. The van der Waals surface area contributed by atoms with E-state index in [0.717, 1.165) is 31.1 Å². The van der Waals surface area contributed by atoms with Gasteiger partial charge in [-0.15, -0.1) is 0 Å². The summed E-state index contributed by atoms with van der Waals surface area (Å²) in [4.78, 5) is 24.6. The van der Waals surface area contributed by atoms with Crippen molar-refractivity contribution < 1.29 is 23.8 Å². The van der Waals surface area contributed by atoms with Crippen LogP contribution in [-0.4, -0.2) is 32.4 Å². The van der Waals surface area contributed by atoms with Gasteiger partial charge in [-0.25, -0.2) is 0 Å². The largest absolute Gasteiger partial charge is 0.465 e. The number of methoxy groups -OCH3 is 1. The minimum Gasteiger partial charge on any atom is -0.465 e. The lowest BCUT2D eigenvalue weighted by molar-refractivity contribution is -0.170. The van der Waals surface area contributed by atoms with E-state index in [2.05, 4.69) is 0 Å². The summed E-state index contributed by atoms with van der Waals surface area (Å²) in [5.41, 5.74) is 0. The van der Waals surface area contributed by atoms with Gasteiger partial charge in [-0.3, -0.25) is 9.59 Å². The Kier molecular flexibility index (Phi) is 5.57. The van der Waals surface area contributed by atoms with Crippen molar-refractivity contribution in [3.05, 3.63) is 0 Å². The highest BCUT2D eigenvalue weighted by atomic mass is 16.7. The van der Waals surface area contributed by atoms with Crippen LogP contribution in [0.4, 0.5) is 0 Å². The summed E-state index contributed by atoms with van der Waals surface area (Å²) in [7, 11) is 1.48. The Morgan fingerprint density at radius 3 is 2.17 bits per heavy atom.